The second-order valence-electron chi connectivity index (χ2n) is 9.24. The number of carbonyl (C=O) groups is 7. The maximum absolute atomic E-state index is 13.0. The number of hydrogen-bond donors (Lipinski definition) is 10. The molecule has 0 aromatic heterocycles. The van der Waals surface area contributed by atoms with E-state index in [-0.39, 0.29) is 24.5 Å². The zero-order valence-electron chi connectivity index (χ0n) is 22.6. The van der Waals surface area contributed by atoms with E-state index in [0.717, 1.165) is 0 Å². The van der Waals surface area contributed by atoms with E-state index in [1.807, 2.05) is 0 Å². The molecule has 0 saturated heterocycles. The molecule has 0 aromatic rings. The molecular formula is C23H41N7O9S. The van der Waals surface area contributed by atoms with E-state index in [4.69, 9.17) is 21.7 Å². The Bertz CT molecular complexity index is 904. The average Bonchev–Trinajstić information content (AvgIpc) is 2.89. The molecule has 0 aromatic carbocycles. The van der Waals surface area contributed by atoms with Crippen LogP contribution in [0.3, 0.4) is 0 Å². The van der Waals surface area contributed by atoms with Gasteiger partial charge in [-0.1, -0.05) is 13.8 Å². The third-order valence-electron chi connectivity index (χ3n) is 5.57. The Morgan fingerprint density at radius 2 is 1.32 bits per heavy atom. The zero-order valence-corrected chi connectivity index (χ0v) is 23.5. The Hall–Kier alpha value is -3.44. The number of aliphatic carboxylic acids is 2. The molecule has 0 spiro atoms. The van der Waals surface area contributed by atoms with Gasteiger partial charge in [0.05, 0.1) is 19.1 Å². The van der Waals surface area contributed by atoms with Crippen LogP contribution >= 0.6 is 12.6 Å². The van der Waals surface area contributed by atoms with Crippen molar-refractivity contribution >= 4 is 54.1 Å². The first-order valence-corrected chi connectivity index (χ1v) is 13.3. The minimum absolute atomic E-state index is 0.129. The van der Waals surface area contributed by atoms with Crippen LogP contribution < -0.4 is 38.1 Å². The second-order valence-corrected chi connectivity index (χ2v) is 9.61. The molecule has 0 aliphatic heterocycles. The largest absolute Gasteiger partial charge is 0.481 e. The van der Waals surface area contributed by atoms with Gasteiger partial charge in [0, 0.05) is 12.2 Å². The van der Waals surface area contributed by atoms with Gasteiger partial charge >= 0.3 is 11.9 Å². The van der Waals surface area contributed by atoms with Crippen LogP contribution in [0.25, 0.3) is 0 Å². The Morgan fingerprint density at radius 3 is 1.85 bits per heavy atom. The Morgan fingerprint density at radius 1 is 0.750 bits per heavy atom. The third-order valence-corrected chi connectivity index (χ3v) is 5.93. The fourth-order valence-corrected chi connectivity index (χ4v) is 3.35. The van der Waals surface area contributed by atoms with Gasteiger partial charge in [-0.25, -0.2) is 4.79 Å². The molecule has 16 nitrogen and oxygen atoms in total. The van der Waals surface area contributed by atoms with Crippen LogP contribution in [-0.4, -0.2) is 101 Å². The van der Waals surface area contributed by atoms with Crippen molar-refractivity contribution in [3.63, 3.8) is 0 Å². The van der Waals surface area contributed by atoms with E-state index in [9.17, 15) is 33.6 Å². The van der Waals surface area contributed by atoms with E-state index in [0.29, 0.717) is 19.4 Å². The summed E-state index contributed by atoms with van der Waals surface area (Å²) in [6.07, 6.45) is 0.399. The van der Waals surface area contributed by atoms with Gasteiger partial charge in [-0.05, 0) is 38.1 Å². The van der Waals surface area contributed by atoms with Gasteiger partial charge in [0.25, 0.3) is 0 Å². The molecule has 0 fully saturated rings. The number of nitrogens with two attached hydrogens (primary N) is 2. The molecule has 0 saturated carbocycles. The van der Waals surface area contributed by atoms with Crippen molar-refractivity contribution in [2.45, 2.75) is 70.1 Å². The quantitative estimate of drug-likeness (QED) is 0.0494. The summed E-state index contributed by atoms with van der Waals surface area (Å²) >= 11 is 3.81. The van der Waals surface area contributed by atoms with E-state index < -0.39 is 85.2 Å². The van der Waals surface area contributed by atoms with Gasteiger partial charge in [-0.2, -0.15) is 12.6 Å². The monoisotopic (exact) mass is 591 g/mol. The molecule has 0 heterocycles. The molecule has 40 heavy (non-hydrogen) atoms. The van der Waals surface area contributed by atoms with Gasteiger partial charge in [0.2, 0.25) is 29.5 Å². The number of unbranched alkanes of at least 4 members (excludes halogenated alkanes) is 1. The van der Waals surface area contributed by atoms with Crippen LogP contribution in [0.2, 0.25) is 0 Å². The van der Waals surface area contributed by atoms with Crippen LogP contribution in [0, 0.1) is 5.92 Å². The molecule has 4 atom stereocenters. The summed E-state index contributed by atoms with van der Waals surface area (Å²) in [7, 11) is 0. The highest BCUT2D eigenvalue weighted by Crippen LogP contribution is 2.06. The van der Waals surface area contributed by atoms with Crippen molar-refractivity contribution in [2.24, 2.45) is 17.4 Å². The van der Waals surface area contributed by atoms with Crippen molar-refractivity contribution < 1.29 is 43.8 Å². The molecule has 5 amide bonds. The van der Waals surface area contributed by atoms with Crippen molar-refractivity contribution in [3.05, 3.63) is 0 Å². The molecule has 0 rings (SSSR count). The number of rotatable bonds is 20. The number of amides is 5. The maximum atomic E-state index is 13.0. The fraction of sp³-hybridized carbons (Fsp3) is 0.696. The van der Waals surface area contributed by atoms with Crippen LogP contribution in [-0.2, 0) is 33.6 Å². The van der Waals surface area contributed by atoms with Crippen molar-refractivity contribution in [2.75, 3.05) is 25.4 Å². The third kappa shape index (κ3) is 15.2. The van der Waals surface area contributed by atoms with E-state index in [1.165, 1.54) is 0 Å². The van der Waals surface area contributed by atoms with Crippen molar-refractivity contribution in [1.82, 2.24) is 26.6 Å². The van der Waals surface area contributed by atoms with Gasteiger partial charge in [0.15, 0.2) is 0 Å². The molecule has 228 valence electrons. The SMILES string of the molecule is CC(C)[C@H](N)C(=O)N[C@@H](CCC(=O)O)C(=O)N[C@@H](CCCCN)C(=O)NCC(=O)NCC(=O)N[C@@H](CS)C(=O)O. The lowest BCUT2D eigenvalue weighted by Gasteiger charge is -2.24. The zero-order chi connectivity index (χ0) is 30.8. The molecular weight excluding hydrogens is 550 g/mol. The minimum atomic E-state index is -1.29. The van der Waals surface area contributed by atoms with E-state index in [1.54, 1.807) is 13.8 Å². The summed E-state index contributed by atoms with van der Waals surface area (Å²) in [5.41, 5.74) is 11.3. The number of carboxylic acid groups (broad SMARTS) is 2. The lowest BCUT2D eigenvalue weighted by molar-refractivity contribution is -0.141. The first-order chi connectivity index (χ1) is 18.7. The summed E-state index contributed by atoms with van der Waals surface area (Å²) in [5, 5.41) is 29.6. The predicted molar refractivity (Wildman–Crippen MR) is 146 cm³/mol. The summed E-state index contributed by atoms with van der Waals surface area (Å²) in [4.78, 5) is 84.1. The van der Waals surface area contributed by atoms with Crippen LogP contribution in [0.5, 0.6) is 0 Å². The topological polar surface area (TPSA) is 272 Å². The molecule has 0 radical (unpaired) electrons. The van der Waals surface area contributed by atoms with Gasteiger partial charge in [-0.15, -0.1) is 0 Å². The van der Waals surface area contributed by atoms with Crippen LogP contribution in [0.15, 0.2) is 0 Å². The summed E-state index contributed by atoms with van der Waals surface area (Å²) < 4.78 is 0. The lowest BCUT2D eigenvalue weighted by atomic mass is 10.0. The highest BCUT2D eigenvalue weighted by Gasteiger charge is 2.29. The van der Waals surface area contributed by atoms with Gasteiger partial charge in [0.1, 0.15) is 18.1 Å². The van der Waals surface area contributed by atoms with Crippen LogP contribution in [0.4, 0.5) is 0 Å². The minimum Gasteiger partial charge on any atom is -0.481 e. The number of carboxylic acids is 2. The molecule has 0 bridgehead atoms. The molecule has 11 N–H and O–H groups in total. The first-order valence-electron chi connectivity index (χ1n) is 12.7. The summed E-state index contributed by atoms with van der Waals surface area (Å²) in [5.74, 6) is -6.65. The molecule has 0 aliphatic rings. The fourth-order valence-electron chi connectivity index (χ4n) is 3.10. The van der Waals surface area contributed by atoms with Gasteiger partial charge < -0.3 is 48.3 Å². The highest BCUT2D eigenvalue weighted by molar-refractivity contribution is 7.80. The number of hydrogen-bond acceptors (Lipinski definition) is 10. The summed E-state index contributed by atoms with van der Waals surface area (Å²) in [6, 6.07) is -4.62. The maximum Gasteiger partial charge on any atom is 0.327 e. The molecule has 17 heteroatoms. The average molecular weight is 592 g/mol. The van der Waals surface area contributed by atoms with E-state index in [2.05, 4.69) is 39.2 Å². The smallest absolute Gasteiger partial charge is 0.327 e. The lowest BCUT2D eigenvalue weighted by Crippen LogP contribution is -2.57. The van der Waals surface area contributed by atoms with E-state index >= 15 is 0 Å². The normalized spacial score (nSPS) is 13.8. The van der Waals surface area contributed by atoms with Gasteiger partial charge in [-0.3, -0.25) is 28.8 Å². The number of carbonyl (C=O) groups excluding carboxylic acids is 5. The summed E-state index contributed by atoms with van der Waals surface area (Å²) in [6.45, 7) is 2.61. The van der Waals surface area contributed by atoms with Crippen LogP contribution in [0.1, 0.15) is 46.0 Å². The molecule has 0 aliphatic carbocycles. The molecule has 0 unspecified atom stereocenters. The Labute approximate surface area is 237 Å². The first kappa shape index (κ1) is 36.6. The standard InChI is InChI=1S/C23H41N7O9S/c1-12(2)19(25)22(37)30-14(6-7-18(33)34)21(36)29-13(5-3-4-8-24)20(35)27-9-16(31)26-10-17(32)28-15(11-40)23(38)39/h12-15,19,40H,3-11,24-25H2,1-2H3,(H,26,31)(H,27,35)(H,28,32)(H,29,36)(H,30,37)(H,33,34)(H,38,39)/t13-,14-,15-,19-/m0/s1. The second kappa shape index (κ2) is 19.6. The Kier molecular flexibility index (Phi) is 17.9. The number of nitrogens with one attached hydrogen (secondary N) is 5. The van der Waals surface area contributed by atoms with Crippen molar-refractivity contribution in [3.8, 4) is 0 Å². The number of thiol groups is 1. The van der Waals surface area contributed by atoms with Crippen molar-refractivity contribution in [1.29, 1.82) is 0 Å². The predicted octanol–water partition coefficient (Wildman–Crippen LogP) is -3.34. The Balaban J connectivity index is 5.24. The highest BCUT2D eigenvalue weighted by atomic mass is 32.1.